The highest BCUT2D eigenvalue weighted by molar-refractivity contribution is 9.10. The van der Waals surface area contributed by atoms with Crippen LogP contribution in [0.1, 0.15) is 5.56 Å². The third-order valence-corrected chi connectivity index (χ3v) is 5.20. The third-order valence-electron chi connectivity index (χ3n) is 2.77. The maximum absolute atomic E-state index is 13.1. The average Bonchev–Trinajstić information content (AvgIpc) is 2.39. The minimum atomic E-state index is -3.89. The van der Waals surface area contributed by atoms with Crippen LogP contribution in [-0.4, -0.2) is 8.42 Å². The highest BCUT2D eigenvalue weighted by atomic mass is 79.9. The summed E-state index contributed by atoms with van der Waals surface area (Å²) < 4.78 is 40.6. The molecular weight excluding hydrogens is 383 g/mol. The zero-order valence-electron chi connectivity index (χ0n) is 10.8. The Morgan fingerprint density at radius 1 is 1.29 bits per heavy atom. The lowest BCUT2D eigenvalue weighted by Gasteiger charge is -2.12. The minimum absolute atomic E-state index is 0.134. The van der Waals surface area contributed by atoms with Gasteiger partial charge in [0.1, 0.15) is 5.82 Å². The van der Waals surface area contributed by atoms with Gasteiger partial charge in [-0.1, -0.05) is 11.6 Å². The second kappa shape index (κ2) is 5.82. The van der Waals surface area contributed by atoms with Crippen molar-refractivity contribution < 1.29 is 12.8 Å². The lowest BCUT2D eigenvalue weighted by Crippen LogP contribution is -2.14. The fourth-order valence-corrected chi connectivity index (χ4v) is 3.57. The van der Waals surface area contributed by atoms with Gasteiger partial charge >= 0.3 is 0 Å². The molecule has 0 fully saturated rings. The SMILES string of the molecule is Cc1cc(Br)c(NS(=O)(=O)c2ccc(F)c(N)c2)cc1Cl. The fraction of sp³-hybridized carbons (Fsp3) is 0.0769. The van der Waals surface area contributed by atoms with Crippen LogP contribution in [0.15, 0.2) is 39.7 Å². The van der Waals surface area contributed by atoms with Crippen LogP contribution in [-0.2, 0) is 10.0 Å². The molecule has 2 aromatic carbocycles. The molecule has 0 aromatic heterocycles. The van der Waals surface area contributed by atoms with E-state index in [-0.39, 0.29) is 16.3 Å². The first-order chi connectivity index (χ1) is 9.70. The average molecular weight is 394 g/mol. The van der Waals surface area contributed by atoms with E-state index in [0.717, 1.165) is 23.8 Å². The number of sulfonamides is 1. The van der Waals surface area contributed by atoms with Crippen molar-refractivity contribution in [3.63, 3.8) is 0 Å². The molecule has 112 valence electrons. The number of halogens is 3. The van der Waals surface area contributed by atoms with Crippen molar-refractivity contribution in [2.24, 2.45) is 0 Å². The highest BCUT2D eigenvalue weighted by Crippen LogP contribution is 2.31. The van der Waals surface area contributed by atoms with E-state index in [1.54, 1.807) is 13.0 Å². The molecule has 0 atom stereocenters. The van der Waals surface area contributed by atoms with Crippen LogP contribution < -0.4 is 10.5 Å². The van der Waals surface area contributed by atoms with Crippen molar-refractivity contribution in [1.29, 1.82) is 0 Å². The summed E-state index contributed by atoms with van der Waals surface area (Å²) >= 11 is 9.24. The summed E-state index contributed by atoms with van der Waals surface area (Å²) in [4.78, 5) is -0.134. The van der Waals surface area contributed by atoms with Crippen molar-refractivity contribution in [2.45, 2.75) is 11.8 Å². The molecule has 2 rings (SSSR count). The summed E-state index contributed by atoms with van der Waals surface area (Å²) in [6, 6.07) is 6.38. The van der Waals surface area contributed by atoms with Gasteiger partial charge in [0.05, 0.1) is 16.3 Å². The number of nitrogen functional groups attached to an aromatic ring is 1. The molecule has 21 heavy (non-hydrogen) atoms. The van der Waals surface area contributed by atoms with Gasteiger partial charge in [0.25, 0.3) is 10.0 Å². The maximum atomic E-state index is 13.1. The molecule has 0 unspecified atom stereocenters. The van der Waals surface area contributed by atoms with E-state index >= 15 is 0 Å². The van der Waals surface area contributed by atoms with Crippen molar-refractivity contribution in [3.8, 4) is 0 Å². The monoisotopic (exact) mass is 392 g/mol. The molecule has 0 aliphatic heterocycles. The van der Waals surface area contributed by atoms with Crippen molar-refractivity contribution in [3.05, 3.63) is 51.2 Å². The largest absolute Gasteiger partial charge is 0.396 e. The Hall–Kier alpha value is -1.31. The molecule has 0 saturated carbocycles. The second-order valence-electron chi connectivity index (χ2n) is 4.37. The summed E-state index contributed by atoms with van der Waals surface area (Å²) in [5, 5.41) is 0.425. The van der Waals surface area contributed by atoms with Crippen LogP contribution in [0, 0.1) is 12.7 Å². The zero-order chi connectivity index (χ0) is 15.8. The molecule has 0 radical (unpaired) electrons. The first kappa shape index (κ1) is 16.1. The Labute approximate surface area is 135 Å². The van der Waals surface area contributed by atoms with Gasteiger partial charge in [-0.25, -0.2) is 12.8 Å². The first-order valence-electron chi connectivity index (χ1n) is 5.74. The third kappa shape index (κ3) is 3.48. The number of benzene rings is 2. The molecule has 0 bridgehead atoms. The number of hydrogen-bond acceptors (Lipinski definition) is 3. The van der Waals surface area contributed by atoms with Gasteiger partial charge in [-0.2, -0.15) is 0 Å². The van der Waals surface area contributed by atoms with E-state index in [1.165, 1.54) is 6.07 Å². The first-order valence-corrected chi connectivity index (χ1v) is 8.39. The molecule has 4 nitrogen and oxygen atoms in total. The normalized spacial score (nSPS) is 11.4. The summed E-state index contributed by atoms with van der Waals surface area (Å²) in [6.45, 7) is 1.80. The number of rotatable bonds is 3. The zero-order valence-corrected chi connectivity index (χ0v) is 14.0. The van der Waals surface area contributed by atoms with E-state index < -0.39 is 15.8 Å². The van der Waals surface area contributed by atoms with E-state index in [2.05, 4.69) is 20.7 Å². The standard InChI is InChI=1S/C13H11BrClFN2O2S/c1-7-4-9(14)13(6-10(7)15)18-21(19,20)8-2-3-11(16)12(17)5-8/h2-6,18H,17H2,1H3. The minimum Gasteiger partial charge on any atom is -0.396 e. The summed E-state index contributed by atoms with van der Waals surface area (Å²) in [6.07, 6.45) is 0. The summed E-state index contributed by atoms with van der Waals surface area (Å²) in [7, 11) is -3.89. The Morgan fingerprint density at radius 3 is 2.57 bits per heavy atom. The molecule has 0 spiro atoms. The van der Waals surface area contributed by atoms with Crippen molar-refractivity contribution in [1.82, 2.24) is 0 Å². The van der Waals surface area contributed by atoms with E-state index in [1.807, 2.05) is 0 Å². The molecule has 8 heteroatoms. The van der Waals surface area contributed by atoms with Gasteiger partial charge in [0, 0.05) is 9.50 Å². The molecule has 0 saturated heterocycles. The molecule has 3 N–H and O–H groups in total. The molecular formula is C13H11BrClFN2O2S. The van der Waals surface area contributed by atoms with Gasteiger partial charge in [0.15, 0.2) is 0 Å². The fourth-order valence-electron chi connectivity index (χ4n) is 1.62. The Morgan fingerprint density at radius 2 is 1.95 bits per heavy atom. The van der Waals surface area contributed by atoms with E-state index in [9.17, 15) is 12.8 Å². The smallest absolute Gasteiger partial charge is 0.262 e. The van der Waals surface area contributed by atoms with Crippen LogP contribution in [0.25, 0.3) is 0 Å². The number of nitrogens with one attached hydrogen (secondary N) is 1. The lowest BCUT2D eigenvalue weighted by atomic mass is 10.2. The number of hydrogen-bond donors (Lipinski definition) is 2. The van der Waals surface area contributed by atoms with Gasteiger partial charge in [-0.3, -0.25) is 4.72 Å². The Kier molecular flexibility index (Phi) is 4.46. The second-order valence-corrected chi connectivity index (χ2v) is 7.31. The quantitative estimate of drug-likeness (QED) is 0.776. The van der Waals surface area contributed by atoms with Crippen LogP contribution >= 0.6 is 27.5 Å². The van der Waals surface area contributed by atoms with E-state index in [4.69, 9.17) is 17.3 Å². The van der Waals surface area contributed by atoms with Crippen LogP contribution in [0.3, 0.4) is 0 Å². The predicted molar refractivity (Wildman–Crippen MR) is 85.5 cm³/mol. The van der Waals surface area contributed by atoms with Crippen LogP contribution in [0.5, 0.6) is 0 Å². The molecule has 2 aromatic rings. The Balaban J connectivity index is 2.42. The summed E-state index contributed by atoms with van der Waals surface area (Å²) in [5.74, 6) is -0.673. The van der Waals surface area contributed by atoms with Gasteiger partial charge in [-0.15, -0.1) is 0 Å². The van der Waals surface area contributed by atoms with Gasteiger partial charge in [-0.05, 0) is 58.7 Å². The topological polar surface area (TPSA) is 72.2 Å². The molecule has 0 amide bonds. The van der Waals surface area contributed by atoms with E-state index in [0.29, 0.717) is 9.50 Å². The van der Waals surface area contributed by atoms with Crippen molar-refractivity contribution in [2.75, 3.05) is 10.5 Å². The highest BCUT2D eigenvalue weighted by Gasteiger charge is 2.17. The van der Waals surface area contributed by atoms with Gasteiger partial charge < -0.3 is 5.73 Å². The van der Waals surface area contributed by atoms with Crippen LogP contribution in [0.4, 0.5) is 15.8 Å². The lowest BCUT2D eigenvalue weighted by molar-refractivity contribution is 0.600. The predicted octanol–water partition coefficient (Wildman–Crippen LogP) is 3.93. The number of nitrogens with two attached hydrogens (primary N) is 1. The van der Waals surface area contributed by atoms with Crippen molar-refractivity contribution >= 4 is 48.9 Å². The van der Waals surface area contributed by atoms with Gasteiger partial charge in [0.2, 0.25) is 0 Å². The number of aryl methyl sites for hydroxylation is 1. The molecule has 0 heterocycles. The molecule has 0 aliphatic rings. The maximum Gasteiger partial charge on any atom is 0.262 e. The summed E-state index contributed by atoms with van der Waals surface area (Å²) in [5.41, 5.74) is 6.24. The molecule has 0 aliphatic carbocycles. The number of anilines is 2. The van der Waals surface area contributed by atoms with Crippen LogP contribution in [0.2, 0.25) is 5.02 Å². The Bertz CT molecular complexity index is 812.